The summed E-state index contributed by atoms with van der Waals surface area (Å²) in [5.74, 6) is -1.91. The number of fused-ring (bicyclic) bond motifs is 1. The van der Waals surface area contributed by atoms with Crippen molar-refractivity contribution in [3.8, 4) is 0 Å². The molecule has 1 saturated heterocycles. The van der Waals surface area contributed by atoms with Crippen LogP contribution in [0.5, 0.6) is 0 Å². The van der Waals surface area contributed by atoms with Crippen LogP contribution in [0.3, 0.4) is 0 Å². The van der Waals surface area contributed by atoms with Gasteiger partial charge in [-0.2, -0.15) is 0 Å². The number of para-hydroxylation sites is 1. The normalized spacial score (nSPS) is 30.3. The van der Waals surface area contributed by atoms with Gasteiger partial charge in [0.1, 0.15) is 5.76 Å². The molecule has 2 amide bonds. The summed E-state index contributed by atoms with van der Waals surface area (Å²) in [5.41, 5.74) is 0.585. The number of amides is 2. The van der Waals surface area contributed by atoms with Crippen LogP contribution in [0.15, 0.2) is 42.2 Å². The molecule has 0 N–H and O–H groups in total. The van der Waals surface area contributed by atoms with E-state index in [0.717, 1.165) is 0 Å². The van der Waals surface area contributed by atoms with Crippen molar-refractivity contribution in [1.82, 2.24) is 0 Å². The van der Waals surface area contributed by atoms with E-state index in [0.29, 0.717) is 17.9 Å². The maximum absolute atomic E-state index is 13.5. The van der Waals surface area contributed by atoms with Crippen molar-refractivity contribution in [2.24, 2.45) is 23.7 Å². The van der Waals surface area contributed by atoms with Crippen LogP contribution in [0, 0.1) is 23.7 Å². The topological polar surface area (TPSA) is 72.9 Å². The monoisotopic (exact) mass is 441 g/mol. The van der Waals surface area contributed by atoms with E-state index in [2.05, 4.69) is 33.9 Å². The van der Waals surface area contributed by atoms with E-state index in [9.17, 15) is 14.4 Å². The molecule has 7 heteroatoms. The molecule has 0 radical (unpaired) electrons. The molecule has 0 unspecified atom stereocenters. The summed E-state index contributed by atoms with van der Waals surface area (Å²) < 4.78 is 12.2. The molecule has 1 saturated carbocycles. The van der Waals surface area contributed by atoms with Gasteiger partial charge in [0.2, 0.25) is 11.8 Å². The van der Waals surface area contributed by atoms with Crippen molar-refractivity contribution in [2.75, 3.05) is 4.90 Å². The van der Waals surface area contributed by atoms with Crippen LogP contribution in [0.1, 0.15) is 34.1 Å². The summed E-state index contributed by atoms with van der Waals surface area (Å²) in [7, 11) is -2.09. The first-order valence-electron chi connectivity index (χ1n) is 10.9. The summed E-state index contributed by atoms with van der Waals surface area (Å²) in [6, 6.07) is 9.05. The van der Waals surface area contributed by atoms with E-state index in [1.807, 2.05) is 24.3 Å². The summed E-state index contributed by atoms with van der Waals surface area (Å²) in [6.07, 6.45) is 2.30. The molecule has 3 aliphatic carbocycles. The molecule has 1 aliphatic heterocycles. The zero-order chi connectivity index (χ0) is 22.7. The number of carbonyl (C=O) groups excluding carboxylic acids is 3. The molecule has 1 heterocycles. The molecule has 31 heavy (non-hydrogen) atoms. The minimum absolute atomic E-state index is 0.0249. The van der Waals surface area contributed by atoms with Gasteiger partial charge in [-0.05, 0) is 42.8 Å². The highest BCUT2D eigenvalue weighted by Crippen LogP contribution is 2.55. The maximum Gasteiger partial charge on any atom is 0.307 e. The Morgan fingerprint density at radius 2 is 1.68 bits per heavy atom. The Morgan fingerprint density at radius 3 is 2.26 bits per heavy atom. The van der Waals surface area contributed by atoms with Crippen molar-refractivity contribution in [3.05, 3.63) is 42.2 Å². The highest BCUT2D eigenvalue weighted by atomic mass is 28.4. The van der Waals surface area contributed by atoms with Crippen LogP contribution in [-0.4, -0.2) is 32.2 Å². The number of imide groups is 1. The SMILES string of the molecule is CC(=O)OC1=C[C@@H]2[C@@H]3C(=O)N(c4ccccc4)C(=O)[C@@H]3[C@H]1C[C@H]2O[Si](C)(C)C(C)(C)C. The number of hydrogen-bond donors (Lipinski definition) is 0. The first-order chi connectivity index (χ1) is 14.4. The Bertz CT molecular complexity index is 948. The average molecular weight is 442 g/mol. The Morgan fingerprint density at radius 1 is 1.06 bits per heavy atom. The lowest BCUT2D eigenvalue weighted by atomic mass is 9.61. The lowest BCUT2D eigenvalue weighted by molar-refractivity contribution is -0.143. The molecule has 6 nitrogen and oxygen atoms in total. The molecule has 1 aromatic carbocycles. The van der Waals surface area contributed by atoms with Gasteiger partial charge >= 0.3 is 5.97 Å². The van der Waals surface area contributed by atoms with Crippen LogP contribution in [0.4, 0.5) is 5.69 Å². The zero-order valence-corrected chi connectivity index (χ0v) is 20.0. The molecular weight excluding hydrogens is 410 g/mol. The number of nitrogens with zero attached hydrogens (tertiary/aromatic N) is 1. The Hall–Kier alpha value is -2.25. The molecule has 4 aliphatic rings. The molecule has 0 aromatic heterocycles. The number of benzene rings is 1. The second-order valence-corrected chi connectivity index (χ2v) is 15.2. The summed E-state index contributed by atoms with van der Waals surface area (Å²) in [4.78, 5) is 39.9. The molecule has 5 atom stereocenters. The minimum Gasteiger partial charge on any atom is -0.431 e. The lowest BCUT2D eigenvalue weighted by Crippen LogP contribution is -2.54. The number of rotatable bonds is 4. The summed E-state index contributed by atoms with van der Waals surface area (Å²) >= 11 is 0. The van der Waals surface area contributed by atoms with E-state index in [1.54, 1.807) is 12.1 Å². The van der Waals surface area contributed by atoms with Crippen LogP contribution in [-0.2, 0) is 23.5 Å². The number of allylic oxidation sites excluding steroid dienone is 1. The average Bonchev–Trinajstić information content (AvgIpc) is 2.94. The van der Waals surface area contributed by atoms with E-state index >= 15 is 0 Å². The third kappa shape index (κ3) is 3.57. The van der Waals surface area contributed by atoms with Gasteiger partial charge in [-0.3, -0.25) is 19.3 Å². The third-order valence-corrected chi connectivity index (χ3v) is 11.9. The number of esters is 1. The van der Waals surface area contributed by atoms with Crippen LogP contribution >= 0.6 is 0 Å². The van der Waals surface area contributed by atoms with Gasteiger partial charge in [-0.1, -0.05) is 39.0 Å². The lowest BCUT2D eigenvalue weighted by Gasteiger charge is -2.49. The van der Waals surface area contributed by atoms with Gasteiger partial charge < -0.3 is 9.16 Å². The standard InChI is InChI=1S/C24H31NO5Si/c1-14(26)29-18-12-17-19(30-31(5,6)24(2,3)4)13-16(18)20-21(17)23(28)25(22(20)27)15-10-8-7-9-11-15/h7-12,16-17,19-21H,13H2,1-6H3/t16-,17-,19+,20+,21-/m0/s1. The van der Waals surface area contributed by atoms with Crippen LogP contribution in [0.25, 0.3) is 0 Å². The first-order valence-corrected chi connectivity index (χ1v) is 13.8. The quantitative estimate of drug-likeness (QED) is 0.396. The van der Waals surface area contributed by atoms with Crippen LogP contribution < -0.4 is 4.90 Å². The van der Waals surface area contributed by atoms with E-state index < -0.39 is 26.1 Å². The van der Waals surface area contributed by atoms with E-state index in [1.165, 1.54) is 11.8 Å². The Balaban J connectivity index is 1.72. The summed E-state index contributed by atoms with van der Waals surface area (Å²) in [5, 5.41) is 0.0249. The largest absolute Gasteiger partial charge is 0.431 e. The van der Waals surface area contributed by atoms with Crippen molar-refractivity contribution in [1.29, 1.82) is 0 Å². The zero-order valence-electron chi connectivity index (χ0n) is 19.0. The Kier molecular flexibility index (Phi) is 5.25. The fourth-order valence-corrected chi connectivity index (χ4v) is 6.30. The van der Waals surface area contributed by atoms with Gasteiger partial charge in [0.05, 0.1) is 23.6 Å². The molecular formula is C24H31NO5Si. The van der Waals surface area contributed by atoms with E-state index in [4.69, 9.17) is 9.16 Å². The van der Waals surface area contributed by atoms with Crippen molar-refractivity contribution in [3.63, 3.8) is 0 Å². The number of hydrogen-bond acceptors (Lipinski definition) is 5. The smallest absolute Gasteiger partial charge is 0.307 e. The molecule has 2 fully saturated rings. The van der Waals surface area contributed by atoms with Crippen LogP contribution in [0.2, 0.25) is 18.1 Å². The van der Waals surface area contributed by atoms with Gasteiger partial charge in [0.15, 0.2) is 8.32 Å². The first kappa shape index (κ1) is 22.0. The molecule has 166 valence electrons. The predicted octanol–water partition coefficient (Wildman–Crippen LogP) is 4.28. The third-order valence-electron chi connectivity index (χ3n) is 7.41. The van der Waals surface area contributed by atoms with Gasteiger partial charge in [-0.25, -0.2) is 0 Å². The molecule has 5 rings (SSSR count). The number of carbonyl (C=O) groups is 3. The summed E-state index contributed by atoms with van der Waals surface area (Å²) in [6.45, 7) is 12.3. The second-order valence-electron chi connectivity index (χ2n) is 10.4. The van der Waals surface area contributed by atoms with Crippen molar-refractivity contribution >= 4 is 31.8 Å². The highest BCUT2D eigenvalue weighted by Gasteiger charge is 2.63. The number of ether oxygens (including phenoxy) is 1. The molecule has 1 aromatic rings. The minimum atomic E-state index is -2.09. The fourth-order valence-electron chi connectivity index (χ4n) is 4.93. The highest BCUT2D eigenvalue weighted by molar-refractivity contribution is 6.74. The molecule has 0 spiro atoms. The predicted molar refractivity (Wildman–Crippen MR) is 119 cm³/mol. The molecule has 2 bridgehead atoms. The maximum atomic E-state index is 13.5. The van der Waals surface area contributed by atoms with Crippen molar-refractivity contribution < 1.29 is 23.5 Å². The van der Waals surface area contributed by atoms with E-state index in [-0.39, 0.29) is 34.8 Å². The van der Waals surface area contributed by atoms with Gasteiger partial charge in [0.25, 0.3) is 0 Å². The Labute approximate surface area is 184 Å². The fraction of sp³-hybridized carbons (Fsp3) is 0.542. The van der Waals surface area contributed by atoms with Crippen molar-refractivity contribution in [2.45, 2.75) is 58.4 Å². The van der Waals surface area contributed by atoms with Gasteiger partial charge in [-0.15, -0.1) is 0 Å². The van der Waals surface area contributed by atoms with Gasteiger partial charge in [0, 0.05) is 18.8 Å². The second kappa shape index (κ2) is 7.41. The number of anilines is 1.